The van der Waals surface area contributed by atoms with Crippen LogP contribution in [0.3, 0.4) is 0 Å². The van der Waals surface area contributed by atoms with Crippen molar-refractivity contribution in [2.75, 3.05) is 6.54 Å². The van der Waals surface area contributed by atoms with E-state index in [-0.39, 0.29) is 17.9 Å². The zero-order valence-corrected chi connectivity index (χ0v) is 13.0. The van der Waals surface area contributed by atoms with E-state index in [0.29, 0.717) is 13.0 Å². The molecule has 0 aromatic rings. The smallest absolute Gasteiger partial charge is 0.249 e. The van der Waals surface area contributed by atoms with E-state index < -0.39 is 5.54 Å². The Morgan fingerprint density at radius 1 is 1.42 bits per heavy atom. The number of carbonyl (C=O) groups is 2. The van der Waals surface area contributed by atoms with Crippen molar-refractivity contribution in [3.63, 3.8) is 0 Å². The van der Waals surface area contributed by atoms with Crippen LogP contribution in [0, 0.1) is 0 Å². The third-order valence-electron chi connectivity index (χ3n) is 4.15. The van der Waals surface area contributed by atoms with Gasteiger partial charge in [-0.1, -0.05) is 48.7 Å². The summed E-state index contributed by atoms with van der Waals surface area (Å²) in [6.07, 6.45) is 5.32. The van der Waals surface area contributed by atoms with Gasteiger partial charge in [0, 0.05) is 4.48 Å². The molecule has 2 amide bonds. The predicted octanol–water partition coefficient (Wildman–Crippen LogP) is 2.33. The molecule has 5 heteroatoms. The first-order valence-corrected chi connectivity index (χ1v) is 7.76. The first-order valence-electron chi connectivity index (χ1n) is 6.96. The maximum atomic E-state index is 12.8. The quantitative estimate of drug-likeness (QED) is 0.864. The van der Waals surface area contributed by atoms with Crippen molar-refractivity contribution in [1.29, 1.82) is 0 Å². The van der Waals surface area contributed by atoms with Crippen LogP contribution in [0.25, 0.3) is 0 Å². The molecule has 0 bridgehead atoms. The zero-order valence-electron chi connectivity index (χ0n) is 11.4. The average molecular weight is 329 g/mol. The Balaban J connectivity index is 2.28. The SMILES string of the molecule is C=C(Br)CN1C(=O)C2(CCCCC2)NC(=O)C1CC. The molecule has 19 heavy (non-hydrogen) atoms. The summed E-state index contributed by atoms with van der Waals surface area (Å²) in [5, 5.41) is 3.01. The van der Waals surface area contributed by atoms with Gasteiger partial charge in [-0.05, 0) is 19.3 Å². The second kappa shape index (κ2) is 5.65. The van der Waals surface area contributed by atoms with Gasteiger partial charge in [-0.2, -0.15) is 0 Å². The summed E-state index contributed by atoms with van der Waals surface area (Å²) in [6, 6.07) is -0.366. The lowest BCUT2D eigenvalue weighted by Gasteiger charge is -2.47. The number of hydrogen-bond donors (Lipinski definition) is 1. The summed E-state index contributed by atoms with van der Waals surface area (Å²) in [5.41, 5.74) is -0.649. The van der Waals surface area contributed by atoms with Crippen LogP contribution in [0.2, 0.25) is 0 Å². The van der Waals surface area contributed by atoms with Crippen molar-refractivity contribution in [2.24, 2.45) is 0 Å². The van der Waals surface area contributed by atoms with Gasteiger partial charge < -0.3 is 10.2 Å². The van der Waals surface area contributed by atoms with E-state index in [0.717, 1.165) is 36.6 Å². The lowest BCUT2D eigenvalue weighted by molar-refractivity contribution is -0.156. The van der Waals surface area contributed by atoms with Crippen molar-refractivity contribution >= 4 is 27.7 Å². The average Bonchev–Trinajstić information content (AvgIpc) is 2.37. The van der Waals surface area contributed by atoms with Crippen LogP contribution in [0.4, 0.5) is 0 Å². The van der Waals surface area contributed by atoms with E-state index in [1.165, 1.54) is 0 Å². The Labute approximate surface area is 122 Å². The van der Waals surface area contributed by atoms with Gasteiger partial charge in [0.1, 0.15) is 11.6 Å². The van der Waals surface area contributed by atoms with Crippen molar-refractivity contribution < 1.29 is 9.59 Å². The molecule has 1 N–H and O–H groups in total. The molecule has 1 unspecified atom stereocenters. The Morgan fingerprint density at radius 3 is 2.58 bits per heavy atom. The normalized spacial score (nSPS) is 26.4. The van der Waals surface area contributed by atoms with Crippen molar-refractivity contribution in [3.05, 3.63) is 11.1 Å². The Hall–Kier alpha value is -0.840. The van der Waals surface area contributed by atoms with Crippen LogP contribution in [-0.4, -0.2) is 34.8 Å². The van der Waals surface area contributed by atoms with Gasteiger partial charge in [0.15, 0.2) is 0 Å². The van der Waals surface area contributed by atoms with E-state index in [1.807, 2.05) is 6.92 Å². The summed E-state index contributed by atoms with van der Waals surface area (Å²) in [7, 11) is 0. The molecule has 1 spiro atoms. The van der Waals surface area contributed by atoms with Gasteiger partial charge >= 0.3 is 0 Å². The number of nitrogens with one attached hydrogen (secondary N) is 1. The molecular formula is C14H21BrN2O2. The molecule has 4 nitrogen and oxygen atoms in total. The summed E-state index contributed by atoms with van der Waals surface area (Å²) >= 11 is 3.31. The molecule has 2 fully saturated rings. The zero-order chi connectivity index (χ0) is 14.0. The molecule has 2 rings (SSSR count). The summed E-state index contributed by atoms with van der Waals surface area (Å²) < 4.78 is 0.736. The molecule has 2 aliphatic rings. The van der Waals surface area contributed by atoms with Gasteiger partial charge in [0.2, 0.25) is 11.8 Å². The lowest BCUT2D eigenvalue weighted by atomic mass is 9.78. The topological polar surface area (TPSA) is 49.4 Å². The van der Waals surface area contributed by atoms with Crippen molar-refractivity contribution in [3.8, 4) is 0 Å². The molecule has 0 radical (unpaired) electrons. The van der Waals surface area contributed by atoms with Crippen LogP contribution in [-0.2, 0) is 9.59 Å². The Bertz CT molecular complexity index is 402. The largest absolute Gasteiger partial charge is 0.340 e. The highest BCUT2D eigenvalue weighted by Gasteiger charge is 2.50. The van der Waals surface area contributed by atoms with Gasteiger partial charge in [0.25, 0.3) is 0 Å². The minimum atomic E-state index is -0.649. The highest BCUT2D eigenvalue weighted by Crippen LogP contribution is 2.34. The van der Waals surface area contributed by atoms with E-state index in [1.54, 1.807) is 4.90 Å². The van der Waals surface area contributed by atoms with Crippen LogP contribution in [0.5, 0.6) is 0 Å². The first kappa shape index (κ1) is 14.6. The number of rotatable bonds is 3. The monoisotopic (exact) mass is 328 g/mol. The highest BCUT2D eigenvalue weighted by atomic mass is 79.9. The fraction of sp³-hybridized carbons (Fsp3) is 0.714. The maximum absolute atomic E-state index is 12.8. The number of carbonyl (C=O) groups excluding carboxylic acids is 2. The maximum Gasteiger partial charge on any atom is 0.249 e. The number of halogens is 1. The lowest BCUT2D eigenvalue weighted by Crippen LogP contribution is -2.70. The highest BCUT2D eigenvalue weighted by molar-refractivity contribution is 9.11. The van der Waals surface area contributed by atoms with Gasteiger partial charge in [-0.15, -0.1) is 0 Å². The van der Waals surface area contributed by atoms with Gasteiger partial charge in [0.05, 0.1) is 6.54 Å². The fourth-order valence-electron chi connectivity index (χ4n) is 3.20. The molecule has 1 saturated heterocycles. The minimum absolute atomic E-state index is 0.0160. The van der Waals surface area contributed by atoms with E-state index in [2.05, 4.69) is 27.8 Å². The number of amides is 2. The number of piperazine rings is 1. The van der Waals surface area contributed by atoms with Gasteiger partial charge in [-0.25, -0.2) is 0 Å². The number of nitrogens with zero attached hydrogens (tertiary/aromatic N) is 1. The fourth-order valence-corrected chi connectivity index (χ4v) is 3.47. The molecule has 1 aliphatic carbocycles. The molecule has 0 aromatic carbocycles. The van der Waals surface area contributed by atoms with Crippen LogP contribution in [0.15, 0.2) is 11.1 Å². The molecule has 1 heterocycles. The van der Waals surface area contributed by atoms with Gasteiger partial charge in [-0.3, -0.25) is 9.59 Å². The van der Waals surface area contributed by atoms with Crippen LogP contribution in [0.1, 0.15) is 45.4 Å². The van der Waals surface area contributed by atoms with E-state index >= 15 is 0 Å². The predicted molar refractivity (Wildman–Crippen MR) is 77.8 cm³/mol. The molecule has 106 valence electrons. The second-order valence-electron chi connectivity index (χ2n) is 5.51. The Morgan fingerprint density at radius 2 is 2.05 bits per heavy atom. The molecule has 1 aliphatic heterocycles. The first-order chi connectivity index (χ1) is 9.00. The van der Waals surface area contributed by atoms with Crippen LogP contribution < -0.4 is 5.32 Å². The molecular weight excluding hydrogens is 308 g/mol. The van der Waals surface area contributed by atoms with Crippen LogP contribution >= 0.6 is 15.9 Å². The third kappa shape index (κ3) is 2.71. The summed E-state index contributed by atoms with van der Waals surface area (Å²) in [4.78, 5) is 26.8. The summed E-state index contributed by atoms with van der Waals surface area (Å²) in [5.74, 6) is 0.0528. The minimum Gasteiger partial charge on any atom is -0.340 e. The Kier molecular flexibility index (Phi) is 4.33. The van der Waals surface area contributed by atoms with Crippen molar-refractivity contribution in [2.45, 2.75) is 57.0 Å². The van der Waals surface area contributed by atoms with E-state index in [9.17, 15) is 9.59 Å². The molecule has 1 atom stereocenters. The van der Waals surface area contributed by atoms with E-state index in [4.69, 9.17) is 0 Å². The molecule has 1 saturated carbocycles. The second-order valence-corrected chi connectivity index (χ2v) is 6.63. The van der Waals surface area contributed by atoms with Crippen molar-refractivity contribution in [1.82, 2.24) is 10.2 Å². The number of hydrogen-bond acceptors (Lipinski definition) is 2. The standard InChI is InChI=1S/C14H21BrN2O2/c1-3-11-12(18)16-14(7-5-4-6-8-14)13(19)17(11)9-10(2)15/h11H,2-9H2,1H3,(H,16,18). The molecule has 0 aromatic heterocycles. The third-order valence-corrected chi connectivity index (χ3v) is 4.40. The summed E-state index contributed by atoms with van der Waals surface area (Å²) in [6.45, 7) is 6.14.